The van der Waals surface area contributed by atoms with Crippen LogP contribution in [0, 0.1) is 0 Å². The number of nitrogens with zero attached hydrogens (tertiary/aromatic N) is 1. The van der Waals surface area contributed by atoms with Gasteiger partial charge >= 0.3 is 0 Å². The zero-order chi connectivity index (χ0) is 19.9. The summed E-state index contributed by atoms with van der Waals surface area (Å²) in [5.74, 6) is 0.673. The molecule has 2 rings (SSSR count). The number of sulfonamides is 1. The third-order valence-electron chi connectivity index (χ3n) is 3.98. The molecule has 0 bridgehead atoms. The van der Waals surface area contributed by atoms with Gasteiger partial charge in [-0.3, -0.25) is 9.69 Å². The van der Waals surface area contributed by atoms with Crippen molar-refractivity contribution in [2.45, 2.75) is 17.9 Å². The zero-order valence-corrected chi connectivity index (χ0v) is 16.3. The number of carbonyl (C=O) groups excluding carboxylic acids is 1. The van der Waals surface area contributed by atoms with Crippen LogP contribution < -0.4 is 15.2 Å². The lowest BCUT2D eigenvalue weighted by Gasteiger charge is -2.19. The Kier molecular flexibility index (Phi) is 7.35. The molecule has 0 aliphatic carbocycles. The van der Waals surface area contributed by atoms with Crippen LogP contribution in [-0.2, 0) is 14.8 Å². The highest BCUT2D eigenvalue weighted by molar-refractivity contribution is 7.89. The summed E-state index contributed by atoms with van der Waals surface area (Å²) < 4.78 is 28.2. The molecule has 0 unspecified atom stereocenters. The van der Waals surface area contributed by atoms with Gasteiger partial charge in [0.25, 0.3) is 0 Å². The van der Waals surface area contributed by atoms with Gasteiger partial charge in [0.2, 0.25) is 15.9 Å². The number of hydrogen-bond donors (Lipinski definition) is 2. The normalized spacial score (nSPS) is 12.6. The van der Waals surface area contributed by atoms with Crippen molar-refractivity contribution in [3.8, 4) is 5.75 Å². The molecule has 27 heavy (non-hydrogen) atoms. The van der Waals surface area contributed by atoms with Crippen molar-refractivity contribution in [2.75, 3.05) is 26.7 Å². The molecule has 2 aromatic rings. The van der Waals surface area contributed by atoms with Gasteiger partial charge in [0.05, 0.1) is 17.5 Å². The van der Waals surface area contributed by atoms with Gasteiger partial charge < -0.3 is 10.1 Å². The molecule has 0 spiro atoms. The summed E-state index contributed by atoms with van der Waals surface area (Å²) in [6.07, 6.45) is 0. The number of hydrogen-bond acceptors (Lipinski definition) is 5. The molecule has 0 radical (unpaired) electrons. The minimum atomic E-state index is -3.72. The summed E-state index contributed by atoms with van der Waals surface area (Å²) in [5, 5.41) is 7.97. The van der Waals surface area contributed by atoms with Gasteiger partial charge in [0.1, 0.15) is 12.4 Å². The Bertz CT molecular complexity index is 839. The topological polar surface area (TPSA) is 102 Å². The summed E-state index contributed by atoms with van der Waals surface area (Å²) >= 11 is 0. The number of primary sulfonamides is 1. The molecule has 1 atom stereocenters. The van der Waals surface area contributed by atoms with E-state index in [-0.39, 0.29) is 23.4 Å². The summed E-state index contributed by atoms with van der Waals surface area (Å²) in [5.41, 5.74) is 0.797. The van der Waals surface area contributed by atoms with Crippen molar-refractivity contribution in [1.29, 1.82) is 0 Å². The predicted octanol–water partition coefficient (Wildman–Crippen LogP) is 1.52. The maximum absolute atomic E-state index is 12.2. The molecule has 0 aliphatic heterocycles. The Morgan fingerprint density at radius 3 is 2.37 bits per heavy atom. The van der Waals surface area contributed by atoms with Crippen LogP contribution in [0.1, 0.15) is 18.5 Å². The largest absolute Gasteiger partial charge is 0.492 e. The minimum absolute atomic E-state index is 0.0444. The average molecular weight is 391 g/mol. The van der Waals surface area contributed by atoms with Gasteiger partial charge in [-0.1, -0.05) is 30.3 Å². The number of amides is 1. The first-order valence-corrected chi connectivity index (χ1v) is 10.1. The van der Waals surface area contributed by atoms with Gasteiger partial charge in [-0.05, 0) is 43.8 Å². The average Bonchev–Trinajstić information content (AvgIpc) is 2.61. The minimum Gasteiger partial charge on any atom is -0.492 e. The third kappa shape index (κ3) is 7.01. The summed E-state index contributed by atoms with van der Waals surface area (Å²) in [6, 6.07) is 15.4. The second kappa shape index (κ2) is 9.50. The molecule has 0 heterocycles. The van der Waals surface area contributed by atoms with Crippen LogP contribution in [0.25, 0.3) is 0 Å². The molecule has 1 amide bonds. The van der Waals surface area contributed by atoms with Crippen LogP contribution in [-0.4, -0.2) is 46.0 Å². The highest BCUT2D eigenvalue weighted by atomic mass is 32.2. The van der Waals surface area contributed by atoms with Crippen molar-refractivity contribution in [1.82, 2.24) is 10.2 Å². The van der Waals surface area contributed by atoms with Crippen LogP contribution in [0.3, 0.4) is 0 Å². The van der Waals surface area contributed by atoms with Gasteiger partial charge in [0, 0.05) is 6.54 Å². The molecule has 146 valence electrons. The lowest BCUT2D eigenvalue weighted by Crippen LogP contribution is -2.38. The number of ether oxygens (including phenoxy) is 1. The number of benzene rings is 2. The Hall–Kier alpha value is -2.42. The maximum atomic E-state index is 12.2. The van der Waals surface area contributed by atoms with Gasteiger partial charge in [-0.15, -0.1) is 0 Å². The lowest BCUT2D eigenvalue weighted by molar-refractivity contribution is -0.122. The first-order valence-electron chi connectivity index (χ1n) is 8.54. The summed E-state index contributed by atoms with van der Waals surface area (Å²) in [7, 11) is -1.87. The Labute approximate surface area is 160 Å². The van der Waals surface area contributed by atoms with Gasteiger partial charge in [0.15, 0.2) is 0 Å². The van der Waals surface area contributed by atoms with E-state index in [4.69, 9.17) is 9.88 Å². The van der Waals surface area contributed by atoms with Crippen LogP contribution in [0.5, 0.6) is 5.75 Å². The molecule has 0 aliphatic rings. The third-order valence-corrected chi connectivity index (χ3v) is 4.91. The standard InChI is InChI=1S/C19H25N3O4S/c1-15(16-8-10-18(11-9-16)27(20,24)25)21-19(23)14-22(2)12-13-26-17-6-4-3-5-7-17/h3-11,15H,12-14H2,1-2H3,(H,21,23)(H2,20,24,25)/t15-/m0/s1. The van der Waals surface area contributed by atoms with E-state index in [1.807, 2.05) is 49.2 Å². The smallest absolute Gasteiger partial charge is 0.238 e. The molecule has 7 nitrogen and oxygen atoms in total. The van der Waals surface area contributed by atoms with Crippen LogP contribution in [0.15, 0.2) is 59.5 Å². The zero-order valence-electron chi connectivity index (χ0n) is 15.5. The molecule has 0 aromatic heterocycles. The number of nitrogens with two attached hydrogens (primary N) is 1. The SMILES string of the molecule is C[C@H](NC(=O)CN(C)CCOc1ccccc1)c1ccc(S(N)(=O)=O)cc1. The van der Waals surface area contributed by atoms with Crippen molar-refractivity contribution < 1.29 is 17.9 Å². The van der Waals surface area contributed by atoms with E-state index in [2.05, 4.69) is 5.32 Å². The molecule has 0 saturated heterocycles. The van der Waals surface area contributed by atoms with E-state index < -0.39 is 10.0 Å². The summed E-state index contributed by atoms with van der Waals surface area (Å²) in [4.78, 5) is 14.1. The monoisotopic (exact) mass is 391 g/mol. The molecule has 3 N–H and O–H groups in total. The predicted molar refractivity (Wildman–Crippen MR) is 104 cm³/mol. The first kappa shape index (κ1) is 20.9. The van der Waals surface area contributed by atoms with E-state index in [9.17, 15) is 13.2 Å². The molecule has 2 aromatic carbocycles. The molecular formula is C19H25N3O4S. The van der Waals surface area contributed by atoms with E-state index in [0.717, 1.165) is 11.3 Å². The summed E-state index contributed by atoms with van der Waals surface area (Å²) in [6.45, 7) is 3.16. The number of carbonyl (C=O) groups is 1. The van der Waals surface area contributed by atoms with Gasteiger partial charge in [-0.25, -0.2) is 13.6 Å². The molecule has 0 saturated carbocycles. The fraction of sp³-hybridized carbons (Fsp3) is 0.316. The van der Waals surface area contributed by atoms with Crippen molar-refractivity contribution in [3.63, 3.8) is 0 Å². The number of para-hydroxylation sites is 1. The van der Waals surface area contributed by atoms with Crippen LogP contribution >= 0.6 is 0 Å². The highest BCUT2D eigenvalue weighted by Crippen LogP contribution is 2.15. The van der Waals surface area contributed by atoms with Gasteiger partial charge in [-0.2, -0.15) is 0 Å². The number of nitrogens with one attached hydrogen (secondary N) is 1. The quantitative estimate of drug-likeness (QED) is 0.675. The Morgan fingerprint density at radius 2 is 1.78 bits per heavy atom. The Morgan fingerprint density at radius 1 is 1.15 bits per heavy atom. The number of likely N-dealkylation sites (N-methyl/N-ethyl adjacent to an activating group) is 1. The van der Waals surface area contributed by atoms with Crippen LogP contribution in [0.4, 0.5) is 0 Å². The highest BCUT2D eigenvalue weighted by Gasteiger charge is 2.13. The lowest BCUT2D eigenvalue weighted by atomic mass is 10.1. The van der Waals surface area contributed by atoms with E-state index in [0.29, 0.717) is 13.2 Å². The fourth-order valence-corrected chi connectivity index (χ4v) is 2.99. The van der Waals surface area contributed by atoms with Crippen molar-refractivity contribution in [2.24, 2.45) is 5.14 Å². The first-order chi connectivity index (χ1) is 12.8. The fourth-order valence-electron chi connectivity index (χ4n) is 2.48. The van der Waals surface area contributed by atoms with E-state index in [1.54, 1.807) is 12.1 Å². The maximum Gasteiger partial charge on any atom is 0.238 e. The van der Waals surface area contributed by atoms with E-state index in [1.165, 1.54) is 12.1 Å². The number of rotatable bonds is 9. The molecular weight excluding hydrogens is 366 g/mol. The van der Waals surface area contributed by atoms with E-state index >= 15 is 0 Å². The van der Waals surface area contributed by atoms with Crippen molar-refractivity contribution >= 4 is 15.9 Å². The molecule has 0 fully saturated rings. The Balaban J connectivity index is 1.77. The van der Waals surface area contributed by atoms with Crippen molar-refractivity contribution in [3.05, 3.63) is 60.2 Å². The molecule has 8 heteroatoms. The second-order valence-corrected chi connectivity index (χ2v) is 7.86. The second-order valence-electron chi connectivity index (χ2n) is 6.30. The van der Waals surface area contributed by atoms with Crippen LogP contribution in [0.2, 0.25) is 0 Å².